The van der Waals surface area contributed by atoms with Gasteiger partial charge in [-0.15, -0.1) is 0 Å². The molecule has 2 fully saturated rings. The highest BCUT2D eigenvalue weighted by Gasteiger charge is 2.42. The van der Waals surface area contributed by atoms with E-state index < -0.39 is 0 Å². The first kappa shape index (κ1) is 19.3. The zero-order valence-corrected chi connectivity index (χ0v) is 16.2. The number of ether oxygens (including phenoxy) is 2. The van der Waals surface area contributed by atoms with E-state index in [-0.39, 0.29) is 23.3 Å². The fourth-order valence-corrected chi connectivity index (χ4v) is 3.34. The van der Waals surface area contributed by atoms with Crippen LogP contribution in [-0.2, 0) is 0 Å². The van der Waals surface area contributed by atoms with E-state index in [4.69, 9.17) is 20.5 Å². The third-order valence-corrected chi connectivity index (χ3v) is 5.37. The minimum absolute atomic E-state index is 0.0782. The Kier molecular flexibility index (Phi) is 5.44. The number of aromatic nitrogens is 3. The van der Waals surface area contributed by atoms with Gasteiger partial charge in [0.05, 0.1) is 43.9 Å². The van der Waals surface area contributed by atoms with Crippen LogP contribution in [0.4, 0.5) is 5.82 Å². The lowest BCUT2D eigenvalue weighted by atomic mass is 10.0. The Morgan fingerprint density at radius 1 is 1.31 bits per heavy atom. The fourth-order valence-electron chi connectivity index (χ4n) is 3.34. The van der Waals surface area contributed by atoms with Gasteiger partial charge >= 0.3 is 0 Å². The van der Waals surface area contributed by atoms with Gasteiger partial charge in [-0.1, -0.05) is 0 Å². The van der Waals surface area contributed by atoms with Gasteiger partial charge in [-0.3, -0.25) is 0 Å². The lowest BCUT2D eigenvalue weighted by Gasteiger charge is -2.20. The summed E-state index contributed by atoms with van der Waals surface area (Å²) >= 11 is 0. The van der Waals surface area contributed by atoms with Crippen LogP contribution in [0.25, 0.3) is 0 Å². The maximum atomic E-state index is 8.83. The molecule has 0 radical (unpaired) electrons. The third kappa shape index (κ3) is 4.22. The number of hydrazine groups is 1. The highest BCUT2D eigenvalue weighted by molar-refractivity contribution is 5.43. The molecule has 3 heterocycles. The van der Waals surface area contributed by atoms with E-state index >= 15 is 0 Å². The molecule has 0 amide bonds. The number of methoxy groups -OCH3 is 1. The normalized spacial score (nSPS) is 22.0. The van der Waals surface area contributed by atoms with E-state index in [1.807, 2.05) is 12.1 Å². The number of nitrogens with two attached hydrogens (primary N) is 1. The van der Waals surface area contributed by atoms with E-state index in [0.29, 0.717) is 31.3 Å². The molecule has 2 unspecified atom stereocenters. The SMILES string of the molecule is COc1nccc(OCC2(CN)CC2)c1C1CC(Nc2cnc(C#N)cn2)NN1. The summed E-state index contributed by atoms with van der Waals surface area (Å²) in [6.07, 6.45) is 7.45. The second-order valence-corrected chi connectivity index (χ2v) is 7.40. The Morgan fingerprint density at radius 3 is 2.83 bits per heavy atom. The Morgan fingerprint density at radius 2 is 2.17 bits per heavy atom. The molecule has 1 aliphatic carbocycles. The van der Waals surface area contributed by atoms with Crippen molar-refractivity contribution in [2.24, 2.45) is 11.1 Å². The van der Waals surface area contributed by atoms with Crippen molar-refractivity contribution in [3.63, 3.8) is 0 Å². The van der Waals surface area contributed by atoms with E-state index in [0.717, 1.165) is 24.2 Å². The van der Waals surface area contributed by atoms with Crippen molar-refractivity contribution in [1.29, 1.82) is 5.26 Å². The van der Waals surface area contributed by atoms with Crippen LogP contribution in [0, 0.1) is 16.7 Å². The van der Waals surface area contributed by atoms with Crippen molar-refractivity contribution >= 4 is 5.82 Å². The maximum Gasteiger partial charge on any atom is 0.221 e. The standard InChI is InChI=1S/C19H24N8O2/c1-28-18-17(14(2-5-22-18)29-11-19(10-21)3-4-19)13-6-15(27-26-13)25-16-9-23-12(7-20)8-24-16/h2,5,8-9,13,15,26-27H,3-4,6,10-11,21H2,1H3,(H,24,25). The largest absolute Gasteiger partial charge is 0.492 e. The summed E-state index contributed by atoms with van der Waals surface area (Å²) in [6, 6.07) is 3.74. The molecule has 0 spiro atoms. The monoisotopic (exact) mass is 396 g/mol. The molecule has 4 rings (SSSR count). The number of nitrogens with zero attached hydrogens (tertiary/aromatic N) is 4. The first-order chi connectivity index (χ1) is 14.2. The zero-order chi connectivity index (χ0) is 20.3. The Labute approximate surface area is 168 Å². The molecule has 2 atom stereocenters. The molecular weight excluding hydrogens is 372 g/mol. The first-order valence-electron chi connectivity index (χ1n) is 9.52. The molecule has 152 valence electrons. The number of rotatable bonds is 8. The molecule has 0 bridgehead atoms. The summed E-state index contributed by atoms with van der Waals surface area (Å²) in [4.78, 5) is 12.6. The van der Waals surface area contributed by atoms with Crippen molar-refractivity contribution in [2.45, 2.75) is 31.5 Å². The highest BCUT2D eigenvalue weighted by atomic mass is 16.5. The molecule has 1 aliphatic heterocycles. The molecule has 10 heteroatoms. The number of anilines is 1. The van der Waals surface area contributed by atoms with Gasteiger partial charge in [0, 0.05) is 24.6 Å². The van der Waals surface area contributed by atoms with Crippen LogP contribution in [0.5, 0.6) is 11.6 Å². The first-order valence-corrected chi connectivity index (χ1v) is 9.52. The van der Waals surface area contributed by atoms with Crippen LogP contribution in [0.3, 0.4) is 0 Å². The van der Waals surface area contributed by atoms with Crippen LogP contribution in [0.2, 0.25) is 0 Å². The molecule has 5 N–H and O–H groups in total. The summed E-state index contributed by atoms with van der Waals surface area (Å²) in [5.74, 6) is 1.85. The molecule has 2 aromatic heterocycles. The molecule has 29 heavy (non-hydrogen) atoms. The van der Waals surface area contributed by atoms with E-state index in [9.17, 15) is 0 Å². The number of hydrogen-bond donors (Lipinski definition) is 4. The lowest BCUT2D eigenvalue weighted by molar-refractivity contribution is 0.233. The van der Waals surface area contributed by atoms with E-state index in [1.165, 1.54) is 12.4 Å². The summed E-state index contributed by atoms with van der Waals surface area (Å²) < 4.78 is 11.6. The summed E-state index contributed by atoms with van der Waals surface area (Å²) in [7, 11) is 1.60. The van der Waals surface area contributed by atoms with Gasteiger partial charge in [-0.25, -0.2) is 25.8 Å². The Hall–Kier alpha value is -3.00. The Balaban J connectivity index is 1.46. The van der Waals surface area contributed by atoms with Crippen molar-refractivity contribution in [2.75, 3.05) is 25.6 Å². The number of nitrogens with one attached hydrogen (secondary N) is 3. The molecule has 1 saturated carbocycles. The molecule has 2 aromatic rings. The number of nitriles is 1. The smallest absolute Gasteiger partial charge is 0.221 e. The van der Waals surface area contributed by atoms with Crippen molar-refractivity contribution in [1.82, 2.24) is 25.8 Å². The fraction of sp³-hybridized carbons (Fsp3) is 0.474. The molecule has 0 aromatic carbocycles. The van der Waals surface area contributed by atoms with Gasteiger partial charge < -0.3 is 20.5 Å². The molecular formula is C19H24N8O2. The van der Waals surface area contributed by atoms with Crippen LogP contribution >= 0.6 is 0 Å². The molecule has 10 nitrogen and oxygen atoms in total. The summed E-state index contributed by atoms with van der Waals surface area (Å²) in [6.45, 7) is 1.22. The van der Waals surface area contributed by atoms with Crippen LogP contribution in [0.15, 0.2) is 24.7 Å². The minimum Gasteiger partial charge on any atom is -0.492 e. The van der Waals surface area contributed by atoms with Crippen molar-refractivity contribution in [3.05, 3.63) is 35.9 Å². The lowest BCUT2D eigenvalue weighted by Crippen LogP contribution is -2.36. The molecule has 1 saturated heterocycles. The number of hydrogen-bond acceptors (Lipinski definition) is 10. The van der Waals surface area contributed by atoms with E-state index in [1.54, 1.807) is 13.3 Å². The second-order valence-electron chi connectivity index (χ2n) is 7.40. The van der Waals surface area contributed by atoms with Crippen LogP contribution in [-0.4, -0.2) is 41.4 Å². The zero-order valence-electron chi connectivity index (χ0n) is 16.2. The van der Waals surface area contributed by atoms with Crippen molar-refractivity contribution < 1.29 is 9.47 Å². The highest BCUT2D eigenvalue weighted by Crippen LogP contribution is 2.45. The number of pyridine rings is 1. The van der Waals surface area contributed by atoms with E-state index in [2.05, 4.69) is 31.1 Å². The average Bonchev–Trinajstić information content (AvgIpc) is 3.42. The van der Waals surface area contributed by atoms with Gasteiger partial charge in [-0.05, 0) is 18.9 Å². The van der Waals surface area contributed by atoms with Gasteiger partial charge in [0.25, 0.3) is 0 Å². The van der Waals surface area contributed by atoms with Gasteiger partial charge in [0.2, 0.25) is 5.88 Å². The predicted octanol–water partition coefficient (Wildman–Crippen LogP) is 0.847. The van der Waals surface area contributed by atoms with Crippen LogP contribution in [0.1, 0.15) is 36.6 Å². The second kappa shape index (κ2) is 8.16. The molecule has 2 aliphatic rings. The summed E-state index contributed by atoms with van der Waals surface area (Å²) in [5.41, 5.74) is 13.6. The predicted molar refractivity (Wildman–Crippen MR) is 105 cm³/mol. The van der Waals surface area contributed by atoms with Crippen molar-refractivity contribution in [3.8, 4) is 17.7 Å². The quantitative estimate of drug-likeness (QED) is 0.507. The average molecular weight is 396 g/mol. The van der Waals surface area contributed by atoms with Gasteiger partial charge in [-0.2, -0.15) is 5.26 Å². The minimum atomic E-state index is -0.0983. The van der Waals surface area contributed by atoms with Gasteiger partial charge in [0.15, 0.2) is 5.69 Å². The van der Waals surface area contributed by atoms with Crippen LogP contribution < -0.4 is 31.4 Å². The summed E-state index contributed by atoms with van der Waals surface area (Å²) in [5, 5.41) is 12.1. The third-order valence-electron chi connectivity index (χ3n) is 5.37. The topological polar surface area (TPSA) is 143 Å². The Bertz CT molecular complexity index is 894. The van der Waals surface area contributed by atoms with Gasteiger partial charge in [0.1, 0.15) is 17.6 Å². The maximum absolute atomic E-state index is 8.83.